The molecule has 0 saturated heterocycles. The van der Waals surface area contributed by atoms with Crippen molar-refractivity contribution in [2.45, 2.75) is 44.8 Å². The average molecular weight is 316 g/mol. The largest absolute Gasteiger partial charge is 0.379 e. The Balaban J connectivity index is 1.83. The molecular formula is C16H20N4O3. The molecule has 0 atom stereocenters. The van der Waals surface area contributed by atoms with Gasteiger partial charge in [-0.2, -0.15) is 5.10 Å². The maximum atomic E-state index is 11.3. The monoisotopic (exact) mass is 316 g/mol. The predicted molar refractivity (Wildman–Crippen MR) is 85.0 cm³/mol. The lowest BCUT2D eigenvalue weighted by molar-refractivity contribution is -0.384. The van der Waals surface area contributed by atoms with Crippen LogP contribution in [0.25, 0.3) is 11.4 Å². The number of pyridine rings is 1. The number of nitrogens with zero attached hydrogens (tertiary/aromatic N) is 4. The molecule has 23 heavy (non-hydrogen) atoms. The van der Waals surface area contributed by atoms with Crippen molar-refractivity contribution in [3.63, 3.8) is 0 Å². The van der Waals surface area contributed by atoms with E-state index in [1.807, 2.05) is 6.92 Å². The van der Waals surface area contributed by atoms with E-state index in [0.717, 1.165) is 32.3 Å². The first kappa shape index (κ1) is 15.6. The van der Waals surface area contributed by atoms with E-state index in [1.54, 1.807) is 29.1 Å². The van der Waals surface area contributed by atoms with Crippen LogP contribution in [0.2, 0.25) is 0 Å². The van der Waals surface area contributed by atoms with Crippen molar-refractivity contribution in [2.75, 3.05) is 6.61 Å². The van der Waals surface area contributed by atoms with E-state index in [9.17, 15) is 10.1 Å². The minimum absolute atomic E-state index is 0.00984. The van der Waals surface area contributed by atoms with Gasteiger partial charge in [-0.25, -0.2) is 0 Å². The van der Waals surface area contributed by atoms with Gasteiger partial charge >= 0.3 is 5.69 Å². The number of hydrogen-bond donors (Lipinski definition) is 0. The van der Waals surface area contributed by atoms with Gasteiger partial charge in [-0.15, -0.1) is 0 Å². The summed E-state index contributed by atoms with van der Waals surface area (Å²) in [4.78, 5) is 15.1. The van der Waals surface area contributed by atoms with Crippen LogP contribution in [-0.2, 0) is 4.74 Å². The van der Waals surface area contributed by atoms with Crippen molar-refractivity contribution in [1.82, 2.24) is 14.8 Å². The molecule has 0 N–H and O–H groups in total. The highest BCUT2D eigenvalue weighted by molar-refractivity contribution is 5.65. The molecule has 0 unspecified atom stereocenters. The summed E-state index contributed by atoms with van der Waals surface area (Å²) in [6, 6.07) is 5.51. The van der Waals surface area contributed by atoms with E-state index in [1.165, 1.54) is 6.20 Å². The fourth-order valence-electron chi connectivity index (χ4n) is 3.10. The Kier molecular flexibility index (Phi) is 4.66. The van der Waals surface area contributed by atoms with Crippen LogP contribution >= 0.6 is 0 Å². The molecule has 0 aliphatic heterocycles. The molecule has 0 bridgehead atoms. The lowest BCUT2D eigenvalue weighted by Crippen LogP contribution is -2.24. The standard InChI is InChI=1S/C16H20N4O3/c1-2-23-13-8-6-12(7-9-13)19-11-15(20(21)22)16(18-19)14-5-3-4-10-17-14/h3-5,10-13H,2,6-9H2,1H3. The third-order valence-corrected chi connectivity index (χ3v) is 4.24. The molecule has 0 spiro atoms. The van der Waals surface area contributed by atoms with Gasteiger partial charge in [-0.3, -0.25) is 19.8 Å². The van der Waals surface area contributed by atoms with Crippen LogP contribution in [-0.4, -0.2) is 32.4 Å². The van der Waals surface area contributed by atoms with E-state index in [4.69, 9.17) is 4.74 Å². The van der Waals surface area contributed by atoms with Crippen molar-refractivity contribution in [1.29, 1.82) is 0 Å². The summed E-state index contributed by atoms with van der Waals surface area (Å²) < 4.78 is 7.40. The van der Waals surface area contributed by atoms with Crippen LogP contribution in [0.15, 0.2) is 30.6 Å². The molecule has 2 aromatic rings. The molecule has 1 aliphatic carbocycles. The lowest BCUT2D eigenvalue weighted by atomic mass is 9.93. The Morgan fingerprint density at radius 3 is 2.74 bits per heavy atom. The number of ether oxygens (including phenoxy) is 1. The summed E-state index contributed by atoms with van der Waals surface area (Å²) in [7, 11) is 0. The number of rotatable bonds is 5. The smallest absolute Gasteiger partial charge is 0.316 e. The number of aromatic nitrogens is 3. The highest BCUT2D eigenvalue weighted by Crippen LogP contribution is 2.33. The molecule has 7 nitrogen and oxygen atoms in total. The molecule has 1 saturated carbocycles. The quantitative estimate of drug-likeness (QED) is 0.624. The van der Waals surface area contributed by atoms with Gasteiger partial charge in [0, 0.05) is 12.8 Å². The molecule has 122 valence electrons. The first-order valence-electron chi connectivity index (χ1n) is 7.95. The lowest BCUT2D eigenvalue weighted by Gasteiger charge is -2.28. The Morgan fingerprint density at radius 2 is 2.13 bits per heavy atom. The van der Waals surface area contributed by atoms with Crippen molar-refractivity contribution < 1.29 is 9.66 Å². The second-order valence-corrected chi connectivity index (χ2v) is 5.70. The van der Waals surface area contributed by atoms with Gasteiger partial charge < -0.3 is 4.74 Å². The summed E-state index contributed by atoms with van der Waals surface area (Å²) in [5.74, 6) is 0. The summed E-state index contributed by atoms with van der Waals surface area (Å²) in [5, 5.41) is 15.8. The van der Waals surface area contributed by atoms with Crippen LogP contribution in [0.1, 0.15) is 38.6 Å². The molecular weight excluding hydrogens is 296 g/mol. The highest BCUT2D eigenvalue weighted by Gasteiger charge is 2.28. The summed E-state index contributed by atoms with van der Waals surface area (Å²) >= 11 is 0. The number of nitro groups is 1. The van der Waals surface area contributed by atoms with Gasteiger partial charge in [0.15, 0.2) is 5.69 Å². The van der Waals surface area contributed by atoms with Crippen LogP contribution in [0, 0.1) is 10.1 Å². The predicted octanol–water partition coefficient (Wildman–Crippen LogP) is 3.37. The Hall–Kier alpha value is -2.28. The highest BCUT2D eigenvalue weighted by atomic mass is 16.6. The minimum Gasteiger partial charge on any atom is -0.379 e. The Morgan fingerprint density at radius 1 is 1.35 bits per heavy atom. The summed E-state index contributed by atoms with van der Waals surface area (Å²) in [6.45, 7) is 2.73. The normalized spacial score (nSPS) is 21.3. The van der Waals surface area contributed by atoms with E-state index in [-0.39, 0.29) is 16.7 Å². The molecule has 7 heteroatoms. The van der Waals surface area contributed by atoms with Gasteiger partial charge in [0.1, 0.15) is 6.20 Å². The van der Waals surface area contributed by atoms with Crippen molar-refractivity contribution in [3.05, 3.63) is 40.7 Å². The van der Waals surface area contributed by atoms with Crippen LogP contribution in [0.3, 0.4) is 0 Å². The molecule has 2 heterocycles. The third kappa shape index (κ3) is 3.39. The molecule has 3 rings (SSSR count). The number of hydrogen-bond acceptors (Lipinski definition) is 5. The van der Waals surface area contributed by atoms with E-state index >= 15 is 0 Å². The van der Waals surface area contributed by atoms with Crippen LogP contribution in [0.5, 0.6) is 0 Å². The third-order valence-electron chi connectivity index (χ3n) is 4.24. The Bertz CT molecular complexity index is 663. The Labute approximate surface area is 134 Å². The molecule has 2 aromatic heterocycles. The van der Waals surface area contributed by atoms with Gasteiger partial charge in [0.25, 0.3) is 0 Å². The molecule has 1 fully saturated rings. The van der Waals surface area contributed by atoms with Gasteiger partial charge in [-0.05, 0) is 44.7 Å². The molecule has 1 aliphatic rings. The fraction of sp³-hybridized carbons (Fsp3) is 0.500. The maximum Gasteiger partial charge on any atom is 0.316 e. The topological polar surface area (TPSA) is 83.1 Å². The molecule has 0 aromatic carbocycles. The zero-order valence-electron chi connectivity index (χ0n) is 13.1. The minimum atomic E-state index is -0.390. The zero-order valence-corrected chi connectivity index (χ0v) is 13.1. The first-order valence-corrected chi connectivity index (χ1v) is 7.95. The second-order valence-electron chi connectivity index (χ2n) is 5.70. The molecule has 0 amide bonds. The summed E-state index contributed by atoms with van der Waals surface area (Å²) in [6.07, 6.45) is 7.23. The maximum absolute atomic E-state index is 11.3. The van der Waals surface area contributed by atoms with Crippen molar-refractivity contribution >= 4 is 5.69 Å². The zero-order chi connectivity index (χ0) is 16.2. The second kappa shape index (κ2) is 6.87. The van der Waals surface area contributed by atoms with Gasteiger partial charge in [0.2, 0.25) is 0 Å². The van der Waals surface area contributed by atoms with E-state index < -0.39 is 0 Å². The summed E-state index contributed by atoms with van der Waals surface area (Å²) in [5.41, 5.74) is 0.874. The van der Waals surface area contributed by atoms with Gasteiger partial charge in [0.05, 0.1) is 22.8 Å². The molecule has 0 radical (unpaired) electrons. The van der Waals surface area contributed by atoms with Crippen molar-refractivity contribution in [3.8, 4) is 11.4 Å². The SMILES string of the molecule is CCOC1CCC(n2cc([N+](=O)[O-])c(-c3ccccn3)n2)CC1. The van der Waals surface area contributed by atoms with Gasteiger partial charge in [-0.1, -0.05) is 6.07 Å². The average Bonchev–Trinajstić information content (AvgIpc) is 3.02. The first-order chi connectivity index (χ1) is 11.2. The van der Waals surface area contributed by atoms with E-state index in [2.05, 4.69) is 10.1 Å². The van der Waals surface area contributed by atoms with Crippen LogP contribution < -0.4 is 0 Å². The van der Waals surface area contributed by atoms with E-state index in [0.29, 0.717) is 17.5 Å². The van der Waals surface area contributed by atoms with Crippen LogP contribution in [0.4, 0.5) is 5.69 Å². The van der Waals surface area contributed by atoms with Crippen molar-refractivity contribution in [2.24, 2.45) is 0 Å². The fourth-order valence-corrected chi connectivity index (χ4v) is 3.10.